The lowest BCUT2D eigenvalue weighted by Gasteiger charge is -2.47. The Hall–Kier alpha value is -3.92. The first-order chi connectivity index (χ1) is 24.5. The Morgan fingerprint density at radius 3 is 1.69 bits per heavy atom. The number of rotatable bonds is 16. The lowest BCUT2D eigenvalue weighted by Crippen LogP contribution is -2.66. The van der Waals surface area contributed by atoms with Gasteiger partial charge in [-0.05, 0) is 24.5 Å². The zero-order valence-corrected chi connectivity index (χ0v) is 29.9. The first kappa shape index (κ1) is 39.9. The van der Waals surface area contributed by atoms with Crippen molar-refractivity contribution in [2.75, 3.05) is 13.2 Å². The maximum absolute atomic E-state index is 12.5. The molecule has 4 rings (SSSR count). The van der Waals surface area contributed by atoms with Crippen LogP contribution in [0.25, 0.3) is 0 Å². The highest BCUT2D eigenvalue weighted by atomic mass is 16.7. The fraction of sp³-hybridized carbons (Fsp3) is 0.568. The van der Waals surface area contributed by atoms with Crippen molar-refractivity contribution >= 4 is 23.8 Å². The molecule has 0 saturated carbocycles. The van der Waals surface area contributed by atoms with E-state index >= 15 is 0 Å². The second-order valence-electron chi connectivity index (χ2n) is 12.4. The predicted molar refractivity (Wildman–Crippen MR) is 179 cm³/mol. The molecule has 1 N–H and O–H groups in total. The van der Waals surface area contributed by atoms with E-state index in [9.17, 15) is 19.2 Å². The van der Waals surface area contributed by atoms with Crippen LogP contribution in [0, 0.1) is 0 Å². The second-order valence-corrected chi connectivity index (χ2v) is 12.4. The molecule has 51 heavy (non-hydrogen) atoms. The van der Waals surface area contributed by atoms with E-state index in [0.29, 0.717) is 13.0 Å². The molecule has 1 unspecified atom stereocenters. The van der Waals surface area contributed by atoms with Gasteiger partial charge in [-0.1, -0.05) is 67.6 Å². The largest absolute Gasteiger partial charge is 0.456 e. The maximum Gasteiger partial charge on any atom is 0.303 e. The number of amides is 1. The van der Waals surface area contributed by atoms with Crippen LogP contribution in [0.2, 0.25) is 0 Å². The molecular formula is C37H49NO13. The molecule has 2 fully saturated rings. The van der Waals surface area contributed by atoms with Crippen LogP contribution < -0.4 is 5.32 Å². The van der Waals surface area contributed by atoms with Crippen LogP contribution >= 0.6 is 0 Å². The van der Waals surface area contributed by atoms with E-state index in [2.05, 4.69) is 5.32 Å². The fourth-order valence-corrected chi connectivity index (χ4v) is 6.03. The quantitative estimate of drug-likeness (QED) is 0.199. The van der Waals surface area contributed by atoms with Crippen LogP contribution in [0.5, 0.6) is 0 Å². The van der Waals surface area contributed by atoms with Gasteiger partial charge >= 0.3 is 17.9 Å². The monoisotopic (exact) mass is 715 g/mol. The minimum absolute atomic E-state index is 0.176. The molecular weight excluding hydrogens is 666 g/mol. The molecule has 14 heteroatoms. The van der Waals surface area contributed by atoms with Crippen LogP contribution in [0.3, 0.4) is 0 Å². The average molecular weight is 716 g/mol. The number of hydrogen-bond acceptors (Lipinski definition) is 13. The van der Waals surface area contributed by atoms with Crippen molar-refractivity contribution in [3.63, 3.8) is 0 Å². The molecule has 0 radical (unpaired) electrons. The number of benzene rings is 2. The number of esters is 3. The highest BCUT2D eigenvalue weighted by Crippen LogP contribution is 2.33. The fourth-order valence-electron chi connectivity index (χ4n) is 6.03. The normalized spacial score (nSPS) is 29.1. The van der Waals surface area contributed by atoms with Gasteiger partial charge in [-0.15, -0.1) is 0 Å². The molecule has 0 aromatic heterocycles. The minimum atomic E-state index is -1.32. The van der Waals surface area contributed by atoms with Gasteiger partial charge in [-0.25, -0.2) is 0 Å². The summed E-state index contributed by atoms with van der Waals surface area (Å²) in [5, 5.41) is 2.95. The van der Waals surface area contributed by atoms with E-state index in [0.717, 1.165) is 11.1 Å². The third kappa shape index (κ3) is 11.8. The smallest absolute Gasteiger partial charge is 0.303 e. The van der Waals surface area contributed by atoms with Gasteiger partial charge < -0.3 is 47.9 Å². The van der Waals surface area contributed by atoms with Crippen LogP contribution in [-0.2, 0) is 75.0 Å². The van der Waals surface area contributed by atoms with E-state index in [1.54, 1.807) is 6.92 Å². The highest BCUT2D eigenvalue weighted by Gasteiger charge is 2.53. The van der Waals surface area contributed by atoms with Crippen LogP contribution in [0.15, 0.2) is 60.7 Å². The molecule has 1 amide bonds. The van der Waals surface area contributed by atoms with Crippen molar-refractivity contribution < 1.29 is 61.8 Å². The first-order valence-electron chi connectivity index (χ1n) is 17.1. The summed E-state index contributed by atoms with van der Waals surface area (Å²) in [6.07, 6.45) is -8.56. The lowest BCUT2D eigenvalue weighted by molar-refractivity contribution is -0.325. The molecule has 0 bridgehead atoms. The zero-order chi connectivity index (χ0) is 36.9. The van der Waals surface area contributed by atoms with Crippen molar-refractivity contribution in [2.45, 2.75) is 123 Å². The molecule has 2 heterocycles. The topological polar surface area (TPSA) is 163 Å². The van der Waals surface area contributed by atoms with Crippen molar-refractivity contribution in [3.05, 3.63) is 71.8 Å². The van der Waals surface area contributed by atoms with Gasteiger partial charge in [-0.2, -0.15) is 0 Å². The molecule has 0 spiro atoms. The summed E-state index contributed by atoms with van der Waals surface area (Å²) >= 11 is 0. The van der Waals surface area contributed by atoms with E-state index < -0.39 is 79.3 Å². The van der Waals surface area contributed by atoms with Gasteiger partial charge in [-0.3, -0.25) is 19.2 Å². The van der Waals surface area contributed by atoms with E-state index in [4.69, 9.17) is 42.6 Å². The third-order valence-corrected chi connectivity index (χ3v) is 8.13. The number of hydrogen-bond donors (Lipinski definition) is 1. The predicted octanol–water partition coefficient (Wildman–Crippen LogP) is 3.37. The Bertz CT molecular complexity index is 1410. The van der Waals surface area contributed by atoms with Crippen molar-refractivity contribution in [1.82, 2.24) is 5.32 Å². The maximum atomic E-state index is 12.5. The third-order valence-electron chi connectivity index (χ3n) is 8.13. The summed E-state index contributed by atoms with van der Waals surface area (Å²) in [5.41, 5.74) is 1.79. The summed E-state index contributed by atoms with van der Waals surface area (Å²) in [7, 11) is 0. The number of ether oxygens (including phenoxy) is 9. The number of carbonyl (C=O) groups is 4. The molecule has 10 atom stereocenters. The van der Waals surface area contributed by atoms with Crippen LogP contribution in [-0.4, -0.2) is 98.4 Å². The van der Waals surface area contributed by atoms with Gasteiger partial charge in [0.1, 0.15) is 24.4 Å². The average Bonchev–Trinajstić information content (AvgIpc) is 3.08. The van der Waals surface area contributed by atoms with Gasteiger partial charge in [0.2, 0.25) is 5.91 Å². The Morgan fingerprint density at radius 1 is 0.627 bits per heavy atom. The zero-order valence-electron chi connectivity index (χ0n) is 29.9. The first-order valence-corrected chi connectivity index (χ1v) is 17.1. The molecule has 280 valence electrons. The van der Waals surface area contributed by atoms with Gasteiger partial charge in [0, 0.05) is 34.3 Å². The standard InChI is InChI=1S/C37H49NO13/c1-7-18-43-36-30(38-23(3)39)33(45-20-28-16-12-9-13-17-28)32(44-19-27-14-10-8-11-15-27)29(51-36)21-46-37-35(50-26(6)42)34(49-25(5)41)31(22(2)47-37)48-24(4)40/h8-17,22,29-37H,7,18-21H2,1-6H3,(H,38,39)/t22-,29+,30+,31+,32+,33+,34+,35-,36-,37?/m0/s1. The Kier molecular flexibility index (Phi) is 15.3. The Morgan fingerprint density at radius 2 is 1.16 bits per heavy atom. The SMILES string of the molecule is CCCO[C@H]1O[C@H](COC2O[C@@H](C)[C@@H](OC(C)=O)[C@@H](OC(C)=O)[C@@H]2OC(C)=O)[C@@H](OCc2ccccc2)[C@H](OCc2ccccc2)[C@H]1NC(C)=O. The Balaban J connectivity index is 1.68. The molecule has 2 saturated heterocycles. The number of carbonyl (C=O) groups excluding carboxylic acids is 4. The van der Waals surface area contributed by atoms with Crippen LogP contribution in [0.1, 0.15) is 59.1 Å². The summed E-state index contributed by atoms with van der Waals surface area (Å²) in [6.45, 7) is 9.05. The molecule has 2 aromatic carbocycles. The van der Waals surface area contributed by atoms with E-state index in [-0.39, 0.29) is 25.7 Å². The summed E-state index contributed by atoms with van der Waals surface area (Å²) in [6, 6.07) is 18.3. The second kappa shape index (κ2) is 19.6. The summed E-state index contributed by atoms with van der Waals surface area (Å²) in [4.78, 5) is 49.0. The van der Waals surface area contributed by atoms with Gasteiger partial charge in [0.05, 0.1) is 25.9 Å². The molecule has 14 nitrogen and oxygen atoms in total. The molecule has 0 aliphatic carbocycles. The van der Waals surface area contributed by atoms with Gasteiger partial charge in [0.25, 0.3) is 0 Å². The molecule has 2 aliphatic rings. The van der Waals surface area contributed by atoms with Crippen molar-refractivity contribution in [3.8, 4) is 0 Å². The van der Waals surface area contributed by atoms with Crippen molar-refractivity contribution in [2.24, 2.45) is 0 Å². The van der Waals surface area contributed by atoms with Gasteiger partial charge in [0.15, 0.2) is 30.9 Å². The summed E-state index contributed by atoms with van der Waals surface area (Å²) in [5.74, 6) is -2.35. The minimum Gasteiger partial charge on any atom is -0.456 e. The lowest BCUT2D eigenvalue weighted by atomic mass is 9.95. The van der Waals surface area contributed by atoms with E-state index in [1.165, 1.54) is 27.7 Å². The summed E-state index contributed by atoms with van der Waals surface area (Å²) < 4.78 is 54.7. The Labute approximate surface area is 298 Å². The number of nitrogens with one attached hydrogen (secondary N) is 1. The van der Waals surface area contributed by atoms with E-state index in [1.807, 2.05) is 67.6 Å². The molecule has 2 aromatic rings. The highest BCUT2D eigenvalue weighted by molar-refractivity contribution is 5.73. The van der Waals surface area contributed by atoms with Crippen molar-refractivity contribution in [1.29, 1.82) is 0 Å². The molecule has 2 aliphatic heterocycles. The van der Waals surface area contributed by atoms with Crippen LogP contribution in [0.4, 0.5) is 0 Å².